The second-order valence-corrected chi connectivity index (χ2v) is 60.4. The number of hydrogen-bond donors (Lipinski definition) is 1. The standard InChI is InChI=1S/C33H39FNSSi2.C19H40F4O2Si4.Ir/c1-22(2)28-19-24(18-23-12-9-10-13-25(23)28)30-32-27(16-17-35-30)26-14-11-15-29(31(26)36-32)33(34,20-37(3,4)5)21-38(6,7)8;1-26(2,3)16(27(4,5)6)18(20,21)14(24)13-15(25)19(22,23)17(28(7,8)9)29(10,11)12;/h9-17,19,22H,20-21H2,1-8H3;13,16-17,24H,1-12H3;/q-1;;/b;14-13-;. The third-order valence-corrected chi connectivity index (χ3v) is 35.6. The van der Waals surface area contributed by atoms with E-state index in [1.165, 1.54) is 10.9 Å². The molecule has 5 aromatic rings. The summed E-state index contributed by atoms with van der Waals surface area (Å²) in [4.78, 5) is 17.4. The number of aliphatic hydroxyl groups excluding tert-OH is 1. The third-order valence-electron chi connectivity index (χ3n) is 12.3. The van der Waals surface area contributed by atoms with Gasteiger partial charge in [0.05, 0.1) is 32.3 Å². The molecule has 3 aromatic carbocycles. The van der Waals surface area contributed by atoms with Gasteiger partial charge >= 0.3 is 11.8 Å². The van der Waals surface area contributed by atoms with Crippen LogP contribution in [0.2, 0.25) is 140 Å². The molecule has 68 heavy (non-hydrogen) atoms. The molecule has 0 saturated carbocycles. The van der Waals surface area contributed by atoms with Crippen molar-refractivity contribution in [2.75, 3.05) is 0 Å². The molecule has 0 saturated heterocycles. The van der Waals surface area contributed by atoms with E-state index in [1.807, 2.05) is 6.20 Å². The minimum Gasteiger partial charge on any atom is -0.506 e. The minimum atomic E-state index is -3.77. The van der Waals surface area contributed by atoms with Crippen molar-refractivity contribution in [1.82, 2.24) is 4.98 Å². The topological polar surface area (TPSA) is 50.2 Å². The fourth-order valence-corrected chi connectivity index (χ4v) is 42.8. The number of ketones is 1. The zero-order valence-electron chi connectivity index (χ0n) is 44.4. The van der Waals surface area contributed by atoms with Crippen molar-refractivity contribution >= 4 is 96.5 Å². The van der Waals surface area contributed by atoms with Gasteiger partial charge < -0.3 is 5.11 Å². The fourth-order valence-electron chi connectivity index (χ4n) is 11.4. The number of alkyl halides is 5. The van der Waals surface area contributed by atoms with Crippen LogP contribution in [0.4, 0.5) is 22.0 Å². The Hall–Kier alpha value is -1.90. The zero-order chi connectivity index (χ0) is 51.5. The van der Waals surface area contributed by atoms with E-state index in [2.05, 4.69) is 114 Å². The van der Waals surface area contributed by atoms with E-state index in [9.17, 15) is 9.90 Å². The molecule has 1 N–H and O–H groups in total. The van der Waals surface area contributed by atoms with Crippen LogP contribution in [-0.2, 0) is 30.6 Å². The van der Waals surface area contributed by atoms with E-state index in [-0.39, 0.29) is 26.2 Å². The van der Waals surface area contributed by atoms with Crippen LogP contribution in [-0.4, -0.2) is 76.2 Å². The first-order valence-corrected chi connectivity index (χ1v) is 46.2. The summed E-state index contributed by atoms with van der Waals surface area (Å²) in [5.41, 5.74) is 2.85. The summed E-state index contributed by atoms with van der Waals surface area (Å²) in [5, 5.41) is 12.7. The molecule has 0 aliphatic carbocycles. The molecule has 0 spiro atoms. The molecular weight excluding hydrogens is 1160 g/mol. The Kier molecular flexibility index (Phi) is 18.6. The van der Waals surface area contributed by atoms with Gasteiger partial charge in [0.15, 0.2) is 5.76 Å². The Morgan fingerprint density at radius 2 is 1.12 bits per heavy atom. The van der Waals surface area contributed by atoms with Gasteiger partial charge in [0.1, 0.15) is 5.67 Å². The zero-order valence-corrected chi connectivity index (χ0v) is 53.6. The molecule has 0 amide bonds. The molecule has 0 aliphatic heterocycles. The van der Waals surface area contributed by atoms with E-state index in [0.29, 0.717) is 18.0 Å². The van der Waals surface area contributed by atoms with Gasteiger partial charge in [-0.05, 0) is 29.5 Å². The monoisotopic (exact) mass is 1240 g/mol. The SMILES string of the molecule is CC(C)c1cc(-c2nccc3c2sc2c(C(F)(C[Si](C)(C)C)C[Si](C)(C)C)cccc23)[c-]c2ccccc12.C[Si](C)(C)C(C(F)(F)C(=O)/C=C(\O)C(F)(F)C([Si](C)(C)C)[Si](C)(C)C)[Si](C)(C)C.[Ir]. The Balaban J connectivity index is 0.000000371. The number of benzene rings is 3. The molecule has 379 valence electrons. The van der Waals surface area contributed by atoms with Crippen LogP contribution >= 0.6 is 11.3 Å². The number of aromatic nitrogens is 1. The van der Waals surface area contributed by atoms with E-state index in [1.54, 1.807) is 89.9 Å². The fraction of sp³-hybridized carbons (Fsp3) is 0.538. The van der Waals surface area contributed by atoms with Gasteiger partial charge in [0, 0.05) is 84.9 Å². The first-order chi connectivity index (χ1) is 30.0. The normalized spacial score (nSPS) is 14.3. The summed E-state index contributed by atoms with van der Waals surface area (Å²) < 4.78 is 80.6. The molecule has 0 atom stereocenters. The number of nitrogens with zero attached hydrogens (tertiary/aromatic N) is 1. The summed E-state index contributed by atoms with van der Waals surface area (Å²) in [7, 11) is -13.3. The Morgan fingerprint density at radius 1 is 0.662 bits per heavy atom. The van der Waals surface area contributed by atoms with Crippen LogP contribution < -0.4 is 0 Å². The maximum absolute atomic E-state index is 17.4. The number of thiophene rings is 1. The number of carbonyl (C=O) groups excluding carboxylic acids is 1. The second-order valence-electron chi connectivity index (χ2n) is 26.1. The van der Waals surface area contributed by atoms with Crippen molar-refractivity contribution in [3.05, 3.63) is 89.8 Å². The number of halogens is 5. The Morgan fingerprint density at radius 3 is 1.59 bits per heavy atom. The van der Waals surface area contributed by atoms with Crippen molar-refractivity contribution < 1.29 is 52.0 Å². The number of allylic oxidation sites excluding steroid dienone is 2. The van der Waals surface area contributed by atoms with E-state index in [4.69, 9.17) is 4.98 Å². The summed E-state index contributed by atoms with van der Waals surface area (Å²) in [6, 6.07) is 24.1. The van der Waals surface area contributed by atoms with Gasteiger partial charge in [0.25, 0.3) is 0 Å². The third kappa shape index (κ3) is 14.0. The van der Waals surface area contributed by atoms with Crippen molar-refractivity contribution in [3.63, 3.8) is 0 Å². The maximum atomic E-state index is 17.4. The average molecular weight is 1240 g/mol. The number of aliphatic hydroxyl groups is 1. The van der Waals surface area contributed by atoms with Gasteiger partial charge in [-0.1, -0.05) is 179 Å². The van der Waals surface area contributed by atoms with E-state index in [0.717, 1.165) is 42.4 Å². The second kappa shape index (κ2) is 20.9. The number of hydrogen-bond acceptors (Lipinski definition) is 4. The molecule has 0 bridgehead atoms. The summed E-state index contributed by atoms with van der Waals surface area (Å²) in [6.45, 7) is 39.5. The average Bonchev–Trinajstić information content (AvgIpc) is 3.49. The molecule has 0 fully saturated rings. The van der Waals surface area contributed by atoms with E-state index >= 15 is 22.0 Å². The molecule has 2 heterocycles. The Bertz CT molecular complexity index is 2570. The van der Waals surface area contributed by atoms with Gasteiger partial charge in [0.2, 0.25) is 5.78 Å². The van der Waals surface area contributed by atoms with Crippen LogP contribution in [0.5, 0.6) is 0 Å². The van der Waals surface area contributed by atoms with Gasteiger partial charge in [-0.15, -0.1) is 40.5 Å². The van der Waals surface area contributed by atoms with Gasteiger partial charge in [-0.2, -0.15) is 17.6 Å². The molecule has 16 heteroatoms. The van der Waals surface area contributed by atoms with Crippen molar-refractivity contribution in [3.8, 4) is 11.3 Å². The summed E-state index contributed by atoms with van der Waals surface area (Å²) in [5.74, 6) is -10.3. The van der Waals surface area contributed by atoms with Crippen molar-refractivity contribution in [1.29, 1.82) is 0 Å². The Labute approximate surface area is 429 Å². The van der Waals surface area contributed by atoms with Gasteiger partial charge in [-0.25, -0.2) is 4.39 Å². The number of rotatable bonds is 16. The first-order valence-electron chi connectivity index (χ1n) is 23.7. The quantitative estimate of drug-likeness (QED) is 0.0352. The number of pyridine rings is 1. The van der Waals surface area contributed by atoms with Crippen molar-refractivity contribution in [2.24, 2.45) is 0 Å². The first kappa shape index (κ1) is 60.4. The largest absolute Gasteiger partial charge is 0.506 e. The minimum absolute atomic E-state index is 0. The maximum Gasteiger partial charge on any atom is 0.307 e. The molecule has 0 unspecified atom stereocenters. The molecule has 1 radical (unpaired) electrons. The van der Waals surface area contributed by atoms with Crippen LogP contribution in [0, 0.1) is 6.07 Å². The predicted octanol–water partition coefficient (Wildman–Crippen LogP) is 18.5. The van der Waals surface area contributed by atoms with Crippen LogP contribution in [0.15, 0.2) is 72.6 Å². The van der Waals surface area contributed by atoms with Gasteiger partial charge in [-0.3, -0.25) is 9.78 Å². The van der Waals surface area contributed by atoms with E-state index < -0.39 is 87.8 Å². The molecule has 5 rings (SSSR count). The predicted molar refractivity (Wildman–Crippen MR) is 299 cm³/mol. The molecular formula is C52H79F5IrNO2SSi6-. The molecule has 3 nitrogen and oxygen atoms in total. The summed E-state index contributed by atoms with van der Waals surface area (Å²) >= 11 is 1.72. The number of carbonyl (C=O) groups is 1. The van der Waals surface area contributed by atoms with Crippen LogP contribution in [0.25, 0.3) is 42.2 Å². The molecule has 2 aromatic heterocycles. The van der Waals surface area contributed by atoms with Crippen LogP contribution in [0.1, 0.15) is 30.9 Å². The number of fused-ring (bicyclic) bond motifs is 4. The van der Waals surface area contributed by atoms with Crippen LogP contribution in [0.3, 0.4) is 0 Å². The van der Waals surface area contributed by atoms with Crippen molar-refractivity contribution in [2.45, 2.75) is 178 Å². The molecule has 0 aliphatic rings. The summed E-state index contributed by atoms with van der Waals surface area (Å²) in [6.07, 6.45) is 2.03. The smallest absolute Gasteiger partial charge is 0.307 e.